The van der Waals surface area contributed by atoms with Crippen LogP contribution in [-0.2, 0) is 24.3 Å². The van der Waals surface area contributed by atoms with Gasteiger partial charge in [-0.2, -0.15) is 4.31 Å². The summed E-state index contributed by atoms with van der Waals surface area (Å²) in [5, 5.41) is -0.625. The maximum Gasteiger partial charge on any atom is 0.248 e. The number of nitrogens with zero attached hydrogens (tertiary/aromatic N) is 2. The number of carbonyl (C=O) groups is 2. The maximum absolute atomic E-state index is 14.1. The molecule has 168 valence electrons. The van der Waals surface area contributed by atoms with E-state index in [1.807, 2.05) is 4.90 Å². The largest absolute Gasteiger partial charge is 0.370 e. The predicted molar refractivity (Wildman–Crippen MR) is 104 cm³/mol. The van der Waals surface area contributed by atoms with Crippen LogP contribution in [0.3, 0.4) is 0 Å². The molecule has 8 nitrogen and oxygen atoms in total. The highest BCUT2D eigenvalue weighted by molar-refractivity contribution is 7.91. The summed E-state index contributed by atoms with van der Waals surface area (Å²) in [6, 6.07) is 2.33. The summed E-state index contributed by atoms with van der Waals surface area (Å²) in [5.74, 6) is -3.87. The zero-order valence-corrected chi connectivity index (χ0v) is 17.4. The van der Waals surface area contributed by atoms with E-state index in [4.69, 9.17) is 10.5 Å². The van der Waals surface area contributed by atoms with E-state index in [2.05, 4.69) is 0 Å². The number of ether oxygens (including phenoxy) is 1. The van der Waals surface area contributed by atoms with Crippen molar-refractivity contribution < 1.29 is 31.5 Å². The molecular formula is C20H23F2N3O5S. The monoisotopic (exact) mass is 455 g/mol. The number of likely N-dealkylation sites (tertiary alicyclic amines) is 1. The molecule has 0 radical (unpaired) electrons. The van der Waals surface area contributed by atoms with E-state index in [-0.39, 0.29) is 31.3 Å². The van der Waals surface area contributed by atoms with E-state index in [9.17, 15) is 26.8 Å². The molecule has 4 fully saturated rings. The third kappa shape index (κ3) is 3.38. The molecule has 0 bridgehead atoms. The van der Waals surface area contributed by atoms with E-state index in [1.165, 1.54) is 0 Å². The van der Waals surface area contributed by atoms with Crippen LogP contribution in [0.4, 0.5) is 8.78 Å². The zero-order chi connectivity index (χ0) is 22.1. The average Bonchev–Trinajstić information content (AvgIpc) is 3.44. The Morgan fingerprint density at radius 2 is 1.71 bits per heavy atom. The number of nitrogens with two attached hydrogens (primary N) is 1. The van der Waals surface area contributed by atoms with Gasteiger partial charge in [0.15, 0.2) is 0 Å². The fourth-order valence-electron chi connectivity index (χ4n) is 4.96. The first-order chi connectivity index (χ1) is 14.7. The normalized spacial score (nSPS) is 34.4. The molecule has 2 amide bonds. The van der Waals surface area contributed by atoms with Crippen molar-refractivity contribution in [3.63, 3.8) is 0 Å². The Morgan fingerprint density at radius 3 is 2.29 bits per heavy atom. The van der Waals surface area contributed by atoms with Crippen LogP contribution < -0.4 is 5.73 Å². The Morgan fingerprint density at radius 1 is 1.06 bits per heavy atom. The molecule has 1 aliphatic carbocycles. The third-order valence-electron chi connectivity index (χ3n) is 6.77. The molecule has 0 aromatic heterocycles. The van der Waals surface area contributed by atoms with Gasteiger partial charge in [0.2, 0.25) is 21.8 Å². The molecule has 1 saturated carbocycles. The number of sulfonamides is 1. The van der Waals surface area contributed by atoms with Crippen LogP contribution in [-0.4, -0.2) is 66.5 Å². The van der Waals surface area contributed by atoms with Crippen molar-refractivity contribution in [2.24, 2.45) is 17.6 Å². The SMILES string of the molecule is N[C@H]1C[C@@H](N2CC3C(=O)N(S(=O)(=O)C4CC4)C(=O)C3C2)CO[C@@H]1c1cc(F)ccc1F. The first kappa shape index (κ1) is 20.9. The summed E-state index contributed by atoms with van der Waals surface area (Å²) in [7, 11) is -3.90. The molecule has 5 atom stereocenters. The zero-order valence-electron chi connectivity index (χ0n) is 16.6. The van der Waals surface area contributed by atoms with Crippen LogP contribution in [0.25, 0.3) is 0 Å². The molecule has 3 heterocycles. The number of fused-ring (bicyclic) bond motifs is 1. The number of rotatable bonds is 4. The maximum atomic E-state index is 14.1. The number of imide groups is 1. The van der Waals surface area contributed by atoms with Gasteiger partial charge in [0.25, 0.3) is 0 Å². The van der Waals surface area contributed by atoms with Crippen molar-refractivity contribution in [1.82, 2.24) is 9.21 Å². The lowest BCUT2D eigenvalue weighted by Crippen LogP contribution is -2.50. The number of carbonyl (C=O) groups excluding carboxylic acids is 2. The van der Waals surface area contributed by atoms with E-state index in [0.717, 1.165) is 18.2 Å². The van der Waals surface area contributed by atoms with Crippen LogP contribution in [0.5, 0.6) is 0 Å². The Kier molecular flexibility index (Phi) is 4.92. The van der Waals surface area contributed by atoms with Gasteiger partial charge in [-0.15, -0.1) is 0 Å². The third-order valence-corrected chi connectivity index (χ3v) is 8.95. The average molecular weight is 455 g/mol. The van der Waals surface area contributed by atoms with Crippen molar-refractivity contribution >= 4 is 21.8 Å². The van der Waals surface area contributed by atoms with Gasteiger partial charge >= 0.3 is 0 Å². The molecule has 2 N–H and O–H groups in total. The summed E-state index contributed by atoms with van der Waals surface area (Å²) in [4.78, 5) is 27.4. The van der Waals surface area contributed by atoms with Crippen LogP contribution >= 0.6 is 0 Å². The molecule has 5 rings (SSSR count). The van der Waals surface area contributed by atoms with E-state index in [0.29, 0.717) is 23.6 Å². The Bertz CT molecular complexity index is 1020. The summed E-state index contributed by atoms with van der Waals surface area (Å²) in [6.07, 6.45) is 0.569. The lowest BCUT2D eigenvalue weighted by atomic mass is 9.93. The molecule has 1 aromatic carbocycles. The van der Waals surface area contributed by atoms with Crippen molar-refractivity contribution in [2.75, 3.05) is 19.7 Å². The second-order valence-electron chi connectivity index (χ2n) is 8.83. The van der Waals surface area contributed by atoms with Crippen molar-refractivity contribution in [1.29, 1.82) is 0 Å². The molecule has 3 saturated heterocycles. The first-order valence-corrected chi connectivity index (χ1v) is 11.9. The van der Waals surface area contributed by atoms with Gasteiger partial charge in [-0.1, -0.05) is 0 Å². The Hall–Kier alpha value is -1.95. The highest BCUT2D eigenvalue weighted by atomic mass is 32.2. The second kappa shape index (κ2) is 7.29. The van der Waals surface area contributed by atoms with Gasteiger partial charge < -0.3 is 10.5 Å². The van der Waals surface area contributed by atoms with Crippen molar-refractivity contribution in [3.05, 3.63) is 35.4 Å². The quantitative estimate of drug-likeness (QED) is 0.660. The van der Waals surface area contributed by atoms with Gasteiger partial charge in [-0.05, 0) is 37.5 Å². The number of hydrogen-bond acceptors (Lipinski definition) is 7. The van der Waals surface area contributed by atoms with Gasteiger partial charge in [0.05, 0.1) is 23.7 Å². The predicted octanol–water partition coefficient (Wildman–Crippen LogP) is 0.531. The molecule has 31 heavy (non-hydrogen) atoms. The van der Waals surface area contributed by atoms with Crippen LogP contribution in [0.2, 0.25) is 0 Å². The molecule has 2 unspecified atom stereocenters. The van der Waals surface area contributed by atoms with E-state index < -0.39 is 62.7 Å². The van der Waals surface area contributed by atoms with Gasteiger partial charge in [0, 0.05) is 30.7 Å². The lowest BCUT2D eigenvalue weighted by Gasteiger charge is -2.39. The van der Waals surface area contributed by atoms with Crippen LogP contribution in [0, 0.1) is 23.5 Å². The summed E-state index contributed by atoms with van der Waals surface area (Å²) < 4.78 is 58.9. The molecule has 4 aliphatic rings. The van der Waals surface area contributed by atoms with E-state index in [1.54, 1.807) is 0 Å². The second-order valence-corrected chi connectivity index (χ2v) is 10.9. The molecule has 0 spiro atoms. The highest BCUT2D eigenvalue weighted by Crippen LogP contribution is 2.41. The van der Waals surface area contributed by atoms with Gasteiger partial charge in [-0.25, -0.2) is 17.2 Å². The number of hydrogen-bond donors (Lipinski definition) is 1. The minimum absolute atomic E-state index is 0.0653. The molecule has 3 aliphatic heterocycles. The standard InChI is InChI=1S/C20H23F2N3O5S/c21-10-1-4-16(22)13(5-10)18-17(23)6-11(9-30-18)24-7-14-15(8-24)20(27)25(19(14)26)31(28,29)12-2-3-12/h1,4-5,11-12,14-15,17-18H,2-3,6-9,23H2/t11-,14?,15?,17+,18-/m1/s1. The Balaban J connectivity index is 1.27. The molecule has 1 aromatic rings. The first-order valence-electron chi connectivity index (χ1n) is 10.4. The smallest absolute Gasteiger partial charge is 0.248 e. The highest BCUT2D eigenvalue weighted by Gasteiger charge is 2.59. The van der Waals surface area contributed by atoms with Crippen molar-refractivity contribution in [2.45, 2.75) is 42.7 Å². The van der Waals surface area contributed by atoms with E-state index >= 15 is 0 Å². The van der Waals surface area contributed by atoms with Gasteiger partial charge in [0.1, 0.15) is 17.7 Å². The van der Waals surface area contributed by atoms with Crippen molar-refractivity contribution in [3.8, 4) is 0 Å². The number of halogens is 2. The molecular weight excluding hydrogens is 432 g/mol. The topological polar surface area (TPSA) is 110 Å². The molecule has 11 heteroatoms. The summed E-state index contributed by atoms with van der Waals surface area (Å²) >= 11 is 0. The minimum Gasteiger partial charge on any atom is -0.370 e. The lowest BCUT2D eigenvalue weighted by molar-refractivity contribution is -0.135. The van der Waals surface area contributed by atoms with Gasteiger partial charge in [-0.3, -0.25) is 14.5 Å². The number of amides is 2. The Labute approximate surface area is 178 Å². The fraction of sp³-hybridized carbons (Fsp3) is 0.600. The summed E-state index contributed by atoms with van der Waals surface area (Å²) in [6.45, 7) is 0.664. The summed E-state index contributed by atoms with van der Waals surface area (Å²) in [5.41, 5.74) is 6.28. The fourth-order valence-corrected chi connectivity index (χ4v) is 6.76. The minimum atomic E-state index is -3.90. The number of benzene rings is 1. The van der Waals surface area contributed by atoms with Crippen LogP contribution in [0.15, 0.2) is 18.2 Å². The van der Waals surface area contributed by atoms with Crippen LogP contribution in [0.1, 0.15) is 30.9 Å².